The minimum Gasteiger partial charge on any atom is -0.399 e. The molecular weight excluding hydrogens is 219 g/mol. The van der Waals surface area contributed by atoms with Crippen molar-refractivity contribution in [3.05, 3.63) is 24.0 Å². The van der Waals surface area contributed by atoms with Gasteiger partial charge in [-0.2, -0.15) is 0 Å². The standard InChI is InChI=1S/C9H11FN2O2S/c10-7-4-8(11)6-9(5-7)12-2-1-3-15(12,13)14/h4-6H,1-3,11H2. The van der Waals surface area contributed by atoms with Crippen LogP contribution in [0, 0.1) is 5.82 Å². The van der Waals surface area contributed by atoms with E-state index in [4.69, 9.17) is 5.73 Å². The Balaban J connectivity index is 2.46. The SMILES string of the molecule is Nc1cc(F)cc(N2CCCS2(=O)=O)c1. The van der Waals surface area contributed by atoms with Gasteiger partial charge in [-0.1, -0.05) is 0 Å². The average molecular weight is 230 g/mol. The van der Waals surface area contributed by atoms with E-state index in [1.54, 1.807) is 0 Å². The number of hydrogen-bond acceptors (Lipinski definition) is 3. The molecule has 1 heterocycles. The summed E-state index contributed by atoms with van der Waals surface area (Å²) in [6, 6.07) is 3.80. The summed E-state index contributed by atoms with van der Waals surface area (Å²) in [5.74, 6) is -0.407. The first-order valence-electron chi connectivity index (χ1n) is 4.55. The molecule has 82 valence electrons. The van der Waals surface area contributed by atoms with E-state index in [0.29, 0.717) is 18.7 Å². The Kier molecular flexibility index (Phi) is 2.30. The highest BCUT2D eigenvalue weighted by molar-refractivity contribution is 7.93. The van der Waals surface area contributed by atoms with Gasteiger partial charge in [-0.3, -0.25) is 4.31 Å². The number of anilines is 2. The molecule has 0 bridgehead atoms. The van der Waals surface area contributed by atoms with Gasteiger partial charge in [0.1, 0.15) is 5.82 Å². The van der Waals surface area contributed by atoms with Crippen LogP contribution in [-0.2, 0) is 10.0 Å². The number of hydrogen-bond donors (Lipinski definition) is 1. The van der Waals surface area contributed by atoms with Gasteiger partial charge in [0.2, 0.25) is 10.0 Å². The van der Waals surface area contributed by atoms with Gasteiger partial charge in [0.05, 0.1) is 11.4 Å². The molecule has 15 heavy (non-hydrogen) atoms. The summed E-state index contributed by atoms with van der Waals surface area (Å²) in [5, 5.41) is 0. The van der Waals surface area contributed by atoms with Crippen LogP contribution in [0.5, 0.6) is 0 Å². The predicted octanol–water partition coefficient (Wildman–Crippen LogP) is 0.948. The number of nitrogen functional groups attached to an aromatic ring is 1. The summed E-state index contributed by atoms with van der Waals surface area (Å²) in [6.07, 6.45) is 0.568. The fraction of sp³-hybridized carbons (Fsp3) is 0.333. The number of nitrogens with two attached hydrogens (primary N) is 1. The molecule has 0 spiro atoms. The smallest absolute Gasteiger partial charge is 0.235 e. The molecule has 0 atom stereocenters. The Bertz CT molecular complexity index is 467. The van der Waals surface area contributed by atoms with Crippen LogP contribution >= 0.6 is 0 Å². The fourth-order valence-corrected chi connectivity index (χ4v) is 3.22. The minimum absolute atomic E-state index is 0.115. The zero-order chi connectivity index (χ0) is 11.1. The Hall–Kier alpha value is -1.30. The summed E-state index contributed by atoms with van der Waals surface area (Å²) >= 11 is 0. The maximum atomic E-state index is 13.0. The first-order chi connectivity index (χ1) is 6.99. The Morgan fingerprint density at radius 3 is 2.60 bits per heavy atom. The van der Waals surface area contributed by atoms with Crippen molar-refractivity contribution < 1.29 is 12.8 Å². The van der Waals surface area contributed by atoms with Crippen LogP contribution in [0.4, 0.5) is 15.8 Å². The molecule has 1 aromatic rings. The van der Waals surface area contributed by atoms with Crippen molar-refractivity contribution in [3.63, 3.8) is 0 Å². The Morgan fingerprint density at radius 2 is 2.07 bits per heavy atom. The van der Waals surface area contributed by atoms with E-state index in [0.717, 1.165) is 6.07 Å². The van der Waals surface area contributed by atoms with E-state index in [1.807, 2.05) is 0 Å². The van der Waals surface area contributed by atoms with Crippen LogP contribution in [0.25, 0.3) is 0 Å². The van der Waals surface area contributed by atoms with E-state index in [9.17, 15) is 12.8 Å². The Labute approximate surface area is 87.5 Å². The fourth-order valence-electron chi connectivity index (χ4n) is 1.67. The topological polar surface area (TPSA) is 63.4 Å². The lowest BCUT2D eigenvalue weighted by atomic mass is 10.2. The van der Waals surface area contributed by atoms with Crippen LogP contribution in [0.15, 0.2) is 18.2 Å². The van der Waals surface area contributed by atoms with Crippen molar-refractivity contribution in [3.8, 4) is 0 Å². The van der Waals surface area contributed by atoms with Crippen LogP contribution in [0.2, 0.25) is 0 Å². The van der Waals surface area contributed by atoms with Gasteiger partial charge in [0.15, 0.2) is 0 Å². The molecule has 1 aliphatic heterocycles. The molecule has 1 saturated heterocycles. The lowest BCUT2D eigenvalue weighted by molar-refractivity contribution is 0.599. The third-order valence-electron chi connectivity index (χ3n) is 2.29. The number of benzene rings is 1. The third kappa shape index (κ3) is 1.90. The van der Waals surface area contributed by atoms with Crippen molar-refractivity contribution >= 4 is 21.4 Å². The molecule has 0 aromatic heterocycles. The average Bonchev–Trinajstić information content (AvgIpc) is 2.43. The molecule has 1 aliphatic rings. The van der Waals surface area contributed by atoms with Gasteiger partial charge in [-0.15, -0.1) is 0 Å². The van der Waals surface area contributed by atoms with Gasteiger partial charge < -0.3 is 5.73 Å². The van der Waals surface area contributed by atoms with Gasteiger partial charge >= 0.3 is 0 Å². The molecule has 0 amide bonds. The minimum atomic E-state index is -3.26. The molecule has 0 unspecified atom stereocenters. The molecule has 0 saturated carbocycles. The zero-order valence-electron chi connectivity index (χ0n) is 7.98. The second-order valence-corrected chi connectivity index (χ2v) is 5.50. The molecular formula is C9H11FN2O2S. The molecule has 1 fully saturated rings. The number of rotatable bonds is 1. The molecule has 2 rings (SSSR count). The summed E-state index contributed by atoms with van der Waals surface area (Å²) in [5.41, 5.74) is 5.99. The zero-order valence-corrected chi connectivity index (χ0v) is 8.80. The highest BCUT2D eigenvalue weighted by Gasteiger charge is 2.28. The molecule has 1 aromatic carbocycles. The summed E-state index contributed by atoms with van der Waals surface area (Å²) < 4.78 is 37.3. The van der Waals surface area contributed by atoms with E-state index < -0.39 is 15.8 Å². The van der Waals surface area contributed by atoms with E-state index >= 15 is 0 Å². The second kappa shape index (κ2) is 3.37. The molecule has 4 nitrogen and oxygen atoms in total. The van der Waals surface area contributed by atoms with Crippen molar-refractivity contribution in [2.24, 2.45) is 0 Å². The van der Waals surface area contributed by atoms with Gasteiger partial charge in [0, 0.05) is 12.2 Å². The first kappa shape index (κ1) is 10.2. The summed E-state index contributed by atoms with van der Waals surface area (Å²) in [7, 11) is -3.26. The van der Waals surface area contributed by atoms with Crippen molar-refractivity contribution in [1.29, 1.82) is 0 Å². The second-order valence-electron chi connectivity index (χ2n) is 3.48. The predicted molar refractivity (Wildman–Crippen MR) is 56.6 cm³/mol. The maximum absolute atomic E-state index is 13.0. The van der Waals surface area contributed by atoms with Crippen LogP contribution in [0.3, 0.4) is 0 Å². The van der Waals surface area contributed by atoms with E-state index in [2.05, 4.69) is 0 Å². The van der Waals surface area contributed by atoms with Crippen molar-refractivity contribution in [1.82, 2.24) is 0 Å². The van der Waals surface area contributed by atoms with Crippen LogP contribution in [-0.4, -0.2) is 20.7 Å². The molecule has 0 radical (unpaired) electrons. The highest BCUT2D eigenvalue weighted by atomic mass is 32.2. The maximum Gasteiger partial charge on any atom is 0.235 e. The normalized spacial score (nSPS) is 19.4. The van der Waals surface area contributed by atoms with E-state index in [-0.39, 0.29) is 11.4 Å². The monoisotopic (exact) mass is 230 g/mol. The molecule has 6 heteroatoms. The lowest BCUT2D eigenvalue weighted by Crippen LogP contribution is -2.25. The van der Waals surface area contributed by atoms with Crippen molar-refractivity contribution in [2.45, 2.75) is 6.42 Å². The summed E-state index contributed by atoms with van der Waals surface area (Å²) in [6.45, 7) is 0.394. The van der Waals surface area contributed by atoms with Gasteiger partial charge in [0.25, 0.3) is 0 Å². The van der Waals surface area contributed by atoms with Crippen LogP contribution in [0.1, 0.15) is 6.42 Å². The Morgan fingerprint density at radius 1 is 1.33 bits per heavy atom. The van der Waals surface area contributed by atoms with Gasteiger partial charge in [-0.25, -0.2) is 12.8 Å². The molecule has 2 N–H and O–H groups in total. The number of sulfonamides is 1. The quantitative estimate of drug-likeness (QED) is 0.730. The van der Waals surface area contributed by atoms with Gasteiger partial charge in [-0.05, 0) is 24.6 Å². The van der Waals surface area contributed by atoms with E-state index in [1.165, 1.54) is 16.4 Å². The molecule has 0 aliphatic carbocycles. The number of nitrogens with zero attached hydrogens (tertiary/aromatic N) is 1. The summed E-state index contributed by atoms with van der Waals surface area (Å²) in [4.78, 5) is 0. The largest absolute Gasteiger partial charge is 0.399 e. The first-order valence-corrected chi connectivity index (χ1v) is 6.16. The lowest BCUT2D eigenvalue weighted by Gasteiger charge is -2.17. The van der Waals surface area contributed by atoms with Crippen LogP contribution < -0.4 is 10.0 Å². The number of halogens is 1. The van der Waals surface area contributed by atoms with Crippen molar-refractivity contribution in [2.75, 3.05) is 22.3 Å². The highest BCUT2D eigenvalue weighted by Crippen LogP contribution is 2.26. The third-order valence-corrected chi connectivity index (χ3v) is 4.16.